The fraction of sp³-hybridized carbons (Fsp3) is 0.545. The number of aliphatic hydroxyl groups is 6. The molecule has 3 aliphatic heterocycles. The van der Waals surface area contributed by atoms with Crippen molar-refractivity contribution in [2.75, 3.05) is 50.2 Å². The van der Waals surface area contributed by atoms with Crippen molar-refractivity contribution >= 4 is 109 Å². The van der Waals surface area contributed by atoms with Crippen molar-refractivity contribution in [2.45, 2.75) is 79.7 Å². The lowest BCUT2D eigenvalue weighted by molar-refractivity contribution is -0.229. The Hall–Kier alpha value is -3.33. The lowest BCUT2D eigenvalue weighted by Gasteiger charge is -2.39. The number of ether oxygens (including phenoxy) is 3. The average Bonchev–Trinajstić information content (AvgIpc) is 4.20. The second kappa shape index (κ2) is 21.4. The van der Waals surface area contributed by atoms with Gasteiger partial charge in [-0.3, -0.25) is 13.7 Å². The molecular formula is C33H41N15O18P3S3-3. The number of nitrogens with two attached hydrogens (primary N) is 3. The van der Waals surface area contributed by atoms with Crippen molar-refractivity contribution < 1.29 is 86.7 Å². The summed E-state index contributed by atoms with van der Waals surface area (Å²) in [6.07, 6.45) is -12.3. The summed E-state index contributed by atoms with van der Waals surface area (Å²) in [5.41, 5.74) is 18.6. The molecule has 72 heavy (non-hydrogen) atoms. The van der Waals surface area contributed by atoms with Crippen LogP contribution in [-0.4, -0.2) is 183 Å². The lowest BCUT2D eigenvalue weighted by Crippen LogP contribution is -2.36. The van der Waals surface area contributed by atoms with Gasteiger partial charge in [0.15, 0.2) is 59.2 Å². The molecule has 0 aromatic carbocycles. The number of nitrogen functional groups attached to an aromatic ring is 3. The quantitative estimate of drug-likeness (QED) is 0.0254. The van der Waals surface area contributed by atoms with Crippen LogP contribution in [0.25, 0.3) is 33.5 Å². The molecule has 3 unspecified atom stereocenters. The van der Waals surface area contributed by atoms with Gasteiger partial charge in [-0.15, -0.1) is 0 Å². The van der Waals surface area contributed by atoms with E-state index in [2.05, 4.69) is 44.9 Å². The van der Waals surface area contributed by atoms with Crippen molar-refractivity contribution in [3.8, 4) is 0 Å². The summed E-state index contributed by atoms with van der Waals surface area (Å²) in [7, 11) is -14.1. The zero-order chi connectivity index (χ0) is 51.4. The van der Waals surface area contributed by atoms with Crippen LogP contribution in [0.5, 0.6) is 0 Å². The Kier molecular flexibility index (Phi) is 15.9. The van der Waals surface area contributed by atoms with E-state index in [9.17, 15) is 45.3 Å². The van der Waals surface area contributed by atoms with Crippen LogP contribution in [0.1, 0.15) is 18.7 Å². The Labute approximate surface area is 420 Å². The number of anilines is 3. The predicted octanol–water partition coefficient (Wildman–Crippen LogP) is -5.67. The van der Waals surface area contributed by atoms with Gasteiger partial charge in [0.05, 0.1) is 19.0 Å². The zero-order valence-corrected chi connectivity index (χ0v) is 41.4. The van der Waals surface area contributed by atoms with Gasteiger partial charge >= 0.3 is 0 Å². The number of hydrogen-bond donors (Lipinski definition) is 9. The van der Waals surface area contributed by atoms with Gasteiger partial charge in [-0.1, -0.05) is 0 Å². The van der Waals surface area contributed by atoms with Crippen molar-refractivity contribution in [2.24, 2.45) is 0 Å². The van der Waals surface area contributed by atoms with Gasteiger partial charge in [0.25, 0.3) is 0 Å². The van der Waals surface area contributed by atoms with Crippen LogP contribution in [0.2, 0.25) is 0 Å². The third kappa shape index (κ3) is 11.1. The minimum absolute atomic E-state index is 0.0344. The van der Waals surface area contributed by atoms with Gasteiger partial charge in [0.2, 0.25) is 0 Å². The largest absolute Gasteiger partial charge is 0.649 e. The molecule has 0 bridgehead atoms. The van der Waals surface area contributed by atoms with Gasteiger partial charge in [-0.25, -0.2) is 72.0 Å². The Morgan fingerprint density at radius 2 is 0.792 bits per heavy atom. The number of imidazole rings is 3. The number of fused-ring (bicyclic) bond motifs is 3. The van der Waals surface area contributed by atoms with Crippen LogP contribution in [0.4, 0.5) is 17.5 Å². The van der Waals surface area contributed by atoms with E-state index < -0.39 is 134 Å². The molecule has 12 N–H and O–H groups in total. The highest BCUT2D eigenvalue weighted by Gasteiger charge is 2.48. The van der Waals surface area contributed by atoms with Crippen molar-refractivity contribution in [3.05, 3.63) is 38.0 Å². The molecule has 3 saturated heterocycles. The van der Waals surface area contributed by atoms with Gasteiger partial charge in [-0.2, -0.15) is 0 Å². The average molecular weight is 1120 g/mol. The van der Waals surface area contributed by atoms with Crippen LogP contribution in [0.3, 0.4) is 0 Å². The van der Waals surface area contributed by atoms with Crippen molar-refractivity contribution in [3.63, 3.8) is 0 Å². The van der Waals surface area contributed by atoms with Gasteiger partial charge in [0, 0.05) is 0 Å². The number of nitrogens with zero attached hydrogens (tertiary/aromatic N) is 12. The van der Waals surface area contributed by atoms with E-state index >= 15 is 0 Å². The zero-order valence-electron chi connectivity index (χ0n) is 36.3. The molecular weight excluding hydrogens is 1080 g/mol. The highest BCUT2D eigenvalue weighted by molar-refractivity contribution is 8.35. The Morgan fingerprint density at radius 3 is 1.11 bits per heavy atom. The Bertz CT molecular complexity index is 2740. The molecule has 6 aromatic heterocycles. The smallest absolute Gasteiger partial charge is 0.167 e. The lowest BCUT2D eigenvalue weighted by atomic mass is 10.1. The summed E-state index contributed by atoms with van der Waals surface area (Å²) >= 11 is 15.2. The molecule has 0 saturated carbocycles. The number of rotatable bonds is 20. The summed E-state index contributed by atoms with van der Waals surface area (Å²) in [5, 5.41) is 65.0. The van der Waals surface area contributed by atoms with E-state index in [0.29, 0.717) is 0 Å². The van der Waals surface area contributed by atoms with E-state index in [4.69, 9.17) is 95.3 Å². The summed E-state index contributed by atoms with van der Waals surface area (Å²) in [6, 6.07) is 0. The van der Waals surface area contributed by atoms with E-state index in [1.807, 2.05) is 0 Å². The van der Waals surface area contributed by atoms with Crippen LogP contribution >= 0.6 is 21.4 Å². The standard InChI is InChI=1S/C33H44N15O18P3S3/c34-25-16-28(40-6-37-25)46(9-43-16)31-22(52)19(49)13(63-31)3-60-67(55,70)58-1-12(66-69(57,72)62-5-15-21(51)24(54)33(65-15)48-11-45-18-27(36)39-8-42-30(18)48)2-59-68(56,71)61-4-14-20(50)23(53)32(64-14)47-10-44-17-26(35)38-7-41-29(17)47/h6-15,19-24,31-33,49-54H,1-5H2,(H,55,70)(H,56,71)(H,57,72)(H2,34,37,40)(H2,35,38,41)(H2,36,39,42)/p-3/t12?,13-,14-,15-,19-,20-,21-,22-,23-,24-,31-,32-,33-,67?,68?,69?/m1/s1. The van der Waals surface area contributed by atoms with Gasteiger partial charge in [-0.05, 0) is 0 Å². The van der Waals surface area contributed by atoms with Crippen molar-refractivity contribution in [1.29, 1.82) is 0 Å². The third-order valence-corrected chi connectivity index (χ3v) is 16.0. The first-order valence-electron chi connectivity index (χ1n) is 20.8. The van der Waals surface area contributed by atoms with E-state index in [0.717, 1.165) is 19.0 Å². The first kappa shape index (κ1) is 53.5. The fourth-order valence-corrected chi connectivity index (χ4v) is 11.4. The van der Waals surface area contributed by atoms with Crippen LogP contribution in [0, 0.1) is 0 Å². The number of aliphatic hydroxyl groups excluding tert-OH is 6. The maximum absolute atomic E-state index is 13.7. The predicted molar refractivity (Wildman–Crippen MR) is 244 cm³/mol. The first-order valence-corrected chi connectivity index (χ1v) is 28.5. The van der Waals surface area contributed by atoms with Crippen LogP contribution in [0.15, 0.2) is 38.0 Å². The molecule has 0 amide bonds. The molecule has 0 spiro atoms. The van der Waals surface area contributed by atoms with Crippen molar-refractivity contribution in [1.82, 2.24) is 58.6 Å². The molecule has 6 aromatic rings. The Balaban J connectivity index is 0.840. The van der Waals surface area contributed by atoms with Crippen LogP contribution < -0.4 is 31.9 Å². The maximum atomic E-state index is 13.7. The second-order valence-corrected chi connectivity index (χ2v) is 24.1. The second-order valence-electron chi connectivity index (χ2n) is 15.9. The topological polar surface area (TPSA) is 482 Å². The number of hydrogen-bond acceptors (Lipinski definition) is 33. The molecule has 0 aliphatic carbocycles. The highest BCUT2D eigenvalue weighted by Crippen LogP contribution is 2.56. The molecule has 15 atom stereocenters. The molecule has 3 aliphatic rings. The SMILES string of the molecule is Nc1ncnc2c1ncn2[C@@H]1O[C@H](CO[P+]([O-])([S-])OCC(CO[P+]([O-])([S-])OC[C@H]2O[C@@H](n3cnc4c(N)ncnc43)[C@H](O)[C@@H]2O)O[P+]([O-])([S-])OC[C@H]2O[C@@H](n3cnc4c(N)ncnc43)[C@H](O)[C@@H]2O)[C@@H](O)[C@H]1O. The summed E-state index contributed by atoms with van der Waals surface area (Å²) < 4.78 is 53.4. The van der Waals surface area contributed by atoms with Gasteiger partial charge in [0.1, 0.15) is 145 Å². The molecule has 39 heteroatoms. The monoisotopic (exact) mass is 1120 g/mol. The Morgan fingerprint density at radius 1 is 0.486 bits per heavy atom. The van der Waals surface area contributed by atoms with E-state index in [1.165, 1.54) is 32.7 Å². The minimum atomic E-state index is -4.78. The molecule has 392 valence electrons. The summed E-state index contributed by atoms with van der Waals surface area (Å²) in [5.74, 6) is 0.118. The molecule has 0 radical (unpaired) electrons. The maximum Gasteiger partial charge on any atom is 0.167 e. The molecule has 3 fully saturated rings. The normalized spacial score (nSPS) is 30.8. The number of aromatic nitrogens is 12. The molecule has 33 nitrogen and oxygen atoms in total. The fourth-order valence-electron chi connectivity index (χ4n) is 7.70. The molecule has 9 heterocycles. The van der Waals surface area contributed by atoms with E-state index in [-0.39, 0.29) is 50.9 Å². The highest BCUT2D eigenvalue weighted by atomic mass is 32.7. The van der Waals surface area contributed by atoms with Gasteiger partial charge < -0.3 is 113 Å². The first-order chi connectivity index (χ1) is 34.1. The third-order valence-electron chi connectivity index (χ3n) is 11.3. The summed E-state index contributed by atoms with van der Waals surface area (Å²) in [4.78, 5) is 76.9. The minimum Gasteiger partial charge on any atom is -0.649 e. The molecule has 9 rings (SSSR count). The van der Waals surface area contributed by atoms with Crippen LogP contribution in [-0.2, 0) is 78.1 Å². The summed E-state index contributed by atoms with van der Waals surface area (Å²) in [6.45, 7) is -4.15. The van der Waals surface area contributed by atoms with E-state index in [1.54, 1.807) is 0 Å².